The molecule has 1 aromatic rings. The van der Waals surface area contributed by atoms with Crippen LogP contribution in [0.3, 0.4) is 0 Å². The maximum atomic E-state index is 8.38. The van der Waals surface area contributed by atoms with Gasteiger partial charge in [-0.25, -0.2) is 4.98 Å². The number of hydrogen-bond donors (Lipinski definition) is 0. The van der Waals surface area contributed by atoms with E-state index in [-0.39, 0.29) is 11.8 Å². The van der Waals surface area contributed by atoms with Crippen LogP contribution in [0.4, 0.5) is 0 Å². The van der Waals surface area contributed by atoms with E-state index in [1.54, 1.807) is 6.20 Å². The van der Waals surface area contributed by atoms with Gasteiger partial charge in [0.05, 0.1) is 12.3 Å². The van der Waals surface area contributed by atoms with Gasteiger partial charge in [0.15, 0.2) is 0 Å². The first-order chi connectivity index (χ1) is 5.54. The molecule has 0 atom stereocenters. The second kappa shape index (κ2) is 2.98. The van der Waals surface area contributed by atoms with Gasteiger partial charge in [0, 0.05) is 5.41 Å². The molecule has 0 spiro atoms. The van der Waals surface area contributed by atoms with E-state index in [1.165, 1.54) is 0 Å². The fourth-order valence-electron chi connectivity index (χ4n) is 0.806. The summed E-state index contributed by atoms with van der Waals surface area (Å²) in [5.74, 6) is 1.33. The van der Waals surface area contributed by atoms with Gasteiger partial charge < -0.3 is 4.42 Å². The topological polar surface area (TPSA) is 49.8 Å². The zero-order valence-corrected chi connectivity index (χ0v) is 7.59. The van der Waals surface area contributed by atoms with Crippen molar-refractivity contribution in [3.05, 3.63) is 17.8 Å². The third-order valence-corrected chi connectivity index (χ3v) is 1.52. The molecule has 1 aromatic heterocycles. The van der Waals surface area contributed by atoms with Gasteiger partial charge in [0.1, 0.15) is 12.2 Å². The van der Waals surface area contributed by atoms with Crippen molar-refractivity contribution >= 4 is 0 Å². The smallest absolute Gasteiger partial charge is 0.208 e. The standard InChI is InChI=1S/C9H12N2O/c1-9(2,3)7-6-11-8(12-7)4-5-10/h6H,4H2,1-3H3. The molecule has 3 heteroatoms. The maximum Gasteiger partial charge on any atom is 0.208 e. The minimum Gasteiger partial charge on any atom is -0.444 e. The molecule has 0 aromatic carbocycles. The minimum atomic E-state index is -0.0271. The molecule has 0 bridgehead atoms. The summed E-state index contributed by atoms with van der Waals surface area (Å²) in [6, 6.07) is 1.99. The number of nitriles is 1. The van der Waals surface area contributed by atoms with Gasteiger partial charge in [0.2, 0.25) is 5.89 Å². The van der Waals surface area contributed by atoms with E-state index in [0.29, 0.717) is 5.89 Å². The number of hydrogen-bond acceptors (Lipinski definition) is 3. The number of aromatic nitrogens is 1. The summed E-state index contributed by atoms with van der Waals surface area (Å²) in [5.41, 5.74) is -0.0271. The molecule has 0 saturated carbocycles. The number of oxazole rings is 1. The molecule has 1 rings (SSSR count). The molecule has 0 saturated heterocycles. The summed E-state index contributed by atoms with van der Waals surface area (Å²) in [6.07, 6.45) is 1.93. The first kappa shape index (κ1) is 8.79. The van der Waals surface area contributed by atoms with Crippen molar-refractivity contribution in [1.29, 1.82) is 5.26 Å². The normalized spacial score (nSPS) is 11.2. The second-order valence-electron chi connectivity index (χ2n) is 3.70. The average molecular weight is 164 g/mol. The van der Waals surface area contributed by atoms with Gasteiger partial charge in [-0.3, -0.25) is 0 Å². The Hall–Kier alpha value is -1.30. The van der Waals surface area contributed by atoms with Crippen molar-refractivity contribution in [2.45, 2.75) is 32.6 Å². The van der Waals surface area contributed by atoms with Gasteiger partial charge in [-0.1, -0.05) is 20.8 Å². The second-order valence-corrected chi connectivity index (χ2v) is 3.70. The van der Waals surface area contributed by atoms with Crippen LogP contribution in [-0.4, -0.2) is 4.98 Å². The maximum absolute atomic E-state index is 8.38. The molecule has 0 amide bonds. The van der Waals surface area contributed by atoms with E-state index >= 15 is 0 Å². The molecule has 0 aliphatic carbocycles. The predicted octanol–water partition coefficient (Wildman–Crippen LogP) is 2.04. The van der Waals surface area contributed by atoms with E-state index in [1.807, 2.05) is 26.8 Å². The van der Waals surface area contributed by atoms with Crippen LogP contribution in [0.1, 0.15) is 32.4 Å². The minimum absolute atomic E-state index is 0.0271. The lowest BCUT2D eigenvalue weighted by atomic mass is 9.94. The van der Waals surface area contributed by atoms with Crippen LogP contribution in [-0.2, 0) is 11.8 Å². The average Bonchev–Trinajstić information content (AvgIpc) is 2.35. The Bertz CT molecular complexity index is 301. The zero-order chi connectivity index (χ0) is 9.19. The van der Waals surface area contributed by atoms with E-state index in [9.17, 15) is 0 Å². The Balaban J connectivity index is 2.86. The molecule has 0 fully saturated rings. The van der Waals surface area contributed by atoms with Gasteiger partial charge in [-0.2, -0.15) is 5.26 Å². The Kier molecular flexibility index (Phi) is 2.18. The van der Waals surface area contributed by atoms with Gasteiger partial charge >= 0.3 is 0 Å². The van der Waals surface area contributed by atoms with Crippen LogP contribution < -0.4 is 0 Å². The molecular formula is C9H12N2O. The Morgan fingerprint density at radius 1 is 1.58 bits per heavy atom. The molecule has 12 heavy (non-hydrogen) atoms. The van der Waals surface area contributed by atoms with Crippen LogP contribution in [0.2, 0.25) is 0 Å². The van der Waals surface area contributed by atoms with Crippen molar-refractivity contribution in [3.8, 4) is 6.07 Å². The van der Waals surface area contributed by atoms with E-state index in [4.69, 9.17) is 9.68 Å². The molecule has 0 radical (unpaired) electrons. The first-order valence-electron chi connectivity index (χ1n) is 3.86. The summed E-state index contributed by atoms with van der Waals surface area (Å²) in [5, 5.41) is 8.38. The van der Waals surface area contributed by atoms with Crippen molar-refractivity contribution in [1.82, 2.24) is 4.98 Å². The summed E-state index contributed by atoms with van der Waals surface area (Å²) >= 11 is 0. The summed E-state index contributed by atoms with van der Waals surface area (Å²) < 4.78 is 5.35. The van der Waals surface area contributed by atoms with Crippen molar-refractivity contribution in [3.63, 3.8) is 0 Å². The molecule has 0 N–H and O–H groups in total. The van der Waals surface area contributed by atoms with Gasteiger partial charge in [-0.05, 0) is 0 Å². The monoisotopic (exact) mass is 164 g/mol. The Morgan fingerprint density at radius 3 is 2.67 bits per heavy atom. The Labute approximate surface area is 72.0 Å². The fraction of sp³-hybridized carbons (Fsp3) is 0.556. The van der Waals surface area contributed by atoms with Gasteiger partial charge in [0.25, 0.3) is 0 Å². The molecular weight excluding hydrogens is 152 g/mol. The quantitative estimate of drug-likeness (QED) is 0.638. The van der Waals surface area contributed by atoms with E-state index in [0.717, 1.165) is 5.76 Å². The predicted molar refractivity (Wildman–Crippen MR) is 44.5 cm³/mol. The largest absolute Gasteiger partial charge is 0.444 e. The van der Waals surface area contributed by atoms with E-state index in [2.05, 4.69) is 4.98 Å². The summed E-state index contributed by atoms with van der Waals surface area (Å²) in [6.45, 7) is 6.14. The van der Waals surface area contributed by atoms with E-state index < -0.39 is 0 Å². The molecule has 0 aliphatic heterocycles. The Morgan fingerprint density at radius 2 is 2.25 bits per heavy atom. The number of nitrogens with zero attached hydrogens (tertiary/aromatic N) is 2. The SMILES string of the molecule is CC(C)(C)c1cnc(CC#N)o1. The van der Waals surface area contributed by atoms with Crippen LogP contribution in [0, 0.1) is 11.3 Å². The third-order valence-electron chi connectivity index (χ3n) is 1.52. The molecule has 0 unspecified atom stereocenters. The van der Waals surface area contributed by atoms with Crippen LogP contribution in [0.5, 0.6) is 0 Å². The van der Waals surface area contributed by atoms with Crippen molar-refractivity contribution < 1.29 is 4.42 Å². The highest BCUT2D eigenvalue weighted by molar-refractivity contribution is 5.07. The zero-order valence-electron chi connectivity index (χ0n) is 7.59. The summed E-state index contributed by atoms with van der Waals surface area (Å²) in [7, 11) is 0. The van der Waals surface area contributed by atoms with Crippen LogP contribution >= 0.6 is 0 Å². The lowest BCUT2D eigenvalue weighted by Gasteiger charge is -2.12. The van der Waals surface area contributed by atoms with Crippen molar-refractivity contribution in [2.24, 2.45) is 0 Å². The van der Waals surface area contributed by atoms with Crippen LogP contribution in [0.25, 0.3) is 0 Å². The lowest BCUT2D eigenvalue weighted by molar-refractivity contribution is 0.388. The first-order valence-corrected chi connectivity index (χ1v) is 3.86. The highest BCUT2D eigenvalue weighted by atomic mass is 16.4. The molecule has 1 heterocycles. The summed E-state index contributed by atoms with van der Waals surface area (Å²) in [4.78, 5) is 3.98. The lowest BCUT2D eigenvalue weighted by Crippen LogP contribution is -2.09. The highest BCUT2D eigenvalue weighted by Crippen LogP contribution is 2.22. The van der Waals surface area contributed by atoms with Gasteiger partial charge in [-0.15, -0.1) is 0 Å². The molecule has 3 nitrogen and oxygen atoms in total. The highest BCUT2D eigenvalue weighted by Gasteiger charge is 2.18. The fourth-order valence-corrected chi connectivity index (χ4v) is 0.806. The molecule has 64 valence electrons. The molecule has 0 aliphatic rings. The van der Waals surface area contributed by atoms with Crippen molar-refractivity contribution in [2.75, 3.05) is 0 Å². The third kappa shape index (κ3) is 1.85. The number of rotatable bonds is 1. The van der Waals surface area contributed by atoms with Crippen LogP contribution in [0.15, 0.2) is 10.6 Å².